The van der Waals surface area contributed by atoms with Crippen molar-refractivity contribution in [2.45, 2.75) is 26.7 Å². The molecule has 0 aliphatic heterocycles. The third kappa shape index (κ3) is 4.11. The highest BCUT2D eigenvalue weighted by atomic mass is 16.5. The van der Waals surface area contributed by atoms with Crippen LogP contribution in [0.25, 0.3) is 0 Å². The van der Waals surface area contributed by atoms with Crippen molar-refractivity contribution in [1.29, 1.82) is 0 Å². The number of aryl methyl sites for hydroxylation is 1. The summed E-state index contributed by atoms with van der Waals surface area (Å²) in [5.41, 5.74) is 1.21. The van der Waals surface area contributed by atoms with Crippen LogP contribution in [-0.2, 0) is 16.0 Å². The Balaban J connectivity index is 2.34. The molecule has 3 heteroatoms. The molecule has 0 saturated heterocycles. The standard InChI is InChI=1S/C12H17NO2/c1-3-15-12(14)10(2)4-5-11-6-8-13-9-7-11/h6-10H,3-5H2,1-2H3/t10-/m0/s1. The first-order chi connectivity index (χ1) is 7.24. The number of ether oxygens (including phenoxy) is 1. The Bertz CT molecular complexity index is 298. The van der Waals surface area contributed by atoms with Crippen LogP contribution in [0.5, 0.6) is 0 Å². The van der Waals surface area contributed by atoms with Crippen LogP contribution in [0.3, 0.4) is 0 Å². The molecule has 0 saturated carbocycles. The third-order valence-corrected chi connectivity index (χ3v) is 2.30. The van der Waals surface area contributed by atoms with Crippen LogP contribution < -0.4 is 0 Å². The molecule has 1 rings (SSSR count). The van der Waals surface area contributed by atoms with Crippen molar-refractivity contribution in [3.8, 4) is 0 Å². The molecule has 0 bridgehead atoms. The summed E-state index contributed by atoms with van der Waals surface area (Å²) in [6.07, 6.45) is 5.25. The van der Waals surface area contributed by atoms with Gasteiger partial charge in [-0.05, 0) is 37.5 Å². The number of rotatable bonds is 5. The maximum Gasteiger partial charge on any atom is 0.308 e. The lowest BCUT2D eigenvalue weighted by Gasteiger charge is -2.09. The largest absolute Gasteiger partial charge is 0.466 e. The number of pyridine rings is 1. The van der Waals surface area contributed by atoms with Crippen molar-refractivity contribution in [3.63, 3.8) is 0 Å². The lowest BCUT2D eigenvalue weighted by atomic mass is 10.0. The minimum absolute atomic E-state index is 0.0295. The zero-order valence-electron chi connectivity index (χ0n) is 9.27. The van der Waals surface area contributed by atoms with E-state index in [0.29, 0.717) is 6.61 Å². The van der Waals surface area contributed by atoms with E-state index >= 15 is 0 Å². The second-order valence-electron chi connectivity index (χ2n) is 3.55. The summed E-state index contributed by atoms with van der Waals surface area (Å²) in [5.74, 6) is -0.135. The number of carbonyl (C=O) groups excluding carboxylic acids is 1. The highest BCUT2D eigenvalue weighted by molar-refractivity contribution is 5.71. The van der Waals surface area contributed by atoms with E-state index in [4.69, 9.17) is 4.74 Å². The van der Waals surface area contributed by atoms with E-state index in [-0.39, 0.29) is 11.9 Å². The lowest BCUT2D eigenvalue weighted by Crippen LogP contribution is -2.15. The van der Waals surface area contributed by atoms with E-state index in [1.807, 2.05) is 26.0 Å². The Hall–Kier alpha value is -1.38. The summed E-state index contributed by atoms with van der Waals surface area (Å²) in [6, 6.07) is 3.94. The van der Waals surface area contributed by atoms with Gasteiger partial charge in [-0.25, -0.2) is 0 Å². The van der Waals surface area contributed by atoms with Crippen LogP contribution in [0.1, 0.15) is 25.8 Å². The number of hydrogen-bond donors (Lipinski definition) is 0. The summed E-state index contributed by atoms with van der Waals surface area (Å²) in [6.45, 7) is 4.19. The van der Waals surface area contributed by atoms with Crippen LogP contribution >= 0.6 is 0 Å². The first-order valence-electron chi connectivity index (χ1n) is 5.29. The molecular weight excluding hydrogens is 190 g/mol. The molecule has 0 N–H and O–H groups in total. The van der Waals surface area contributed by atoms with Crippen molar-refractivity contribution in [2.75, 3.05) is 6.61 Å². The van der Waals surface area contributed by atoms with E-state index in [2.05, 4.69) is 4.98 Å². The maximum atomic E-state index is 11.3. The molecule has 1 atom stereocenters. The zero-order valence-corrected chi connectivity index (χ0v) is 9.27. The van der Waals surface area contributed by atoms with E-state index in [9.17, 15) is 4.79 Å². The molecule has 15 heavy (non-hydrogen) atoms. The molecule has 0 amide bonds. The van der Waals surface area contributed by atoms with E-state index in [1.165, 1.54) is 5.56 Å². The number of hydrogen-bond acceptors (Lipinski definition) is 3. The van der Waals surface area contributed by atoms with Gasteiger partial charge in [0.25, 0.3) is 0 Å². The van der Waals surface area contributed by atoms with E-state index in [0.717, 1.165) is 12.8 Å². The molecule has 0 radical (unpaired) electrons. The maximum absolute atomic E-state index is 11.3. The fraction of sp³-hybridized carbons (Fsp3) is 0.500. The Morgan fingerprint density at radius 1 is 1.47 bits per heavy atom. The van der Waals surface area contributed by atoms with Crippen LogP contribution in [0.2, 0.25) is 0 Å². The predicted molar refractivity (Wildman–Crippen MR) is 58.4 cm³/mol. The summed E-state index contributed by atoms with van der Waals surface area (Å²) in [7, 11) is 0. The van der Waals surface area contributed by atoms with Crippen molar-refractivity contribution < 1.29 is 9.53 Å². The molecule has 0 aliphatic carbocycles. The van der Waals surface area contributed by atoms with Gasteiger partial charge in [-0.15, -0.1) is 0 Å². The average molecular weight is 207 g/mol. The molecule has 0 unspecified atom stereocenters. The van der Waals surface area contributed by atoms with Gasteiger partial charge in [0.1, 0.15) is 0 Å². The van der Waals surface area contributed by atoms with Crippen LogP contribution in [-0.4, -0.2) is 17.6 Å². The lowest BCUT2D eigenvalue weighted by molar-refractivity contribution is -0.147. The molecule has 0 fully saturated rings. The number of carbonyl (C=O) groups is 1. The summed E-state index contributed by atoms with van der Waals surface area (Å²) in [4.78, 5) is 15.3. The highest BCUT2D eigenvalue weighted by Gasteiger charge is 2.13. The minimum Gasteiger partial charge on any atom is -0.466 e. The van der Waals surface area contributed by atoms with Gasteiger partial charge in [0.15, 0.2) is 0 Å². The Labute approximate surface area is 90.5 Å². The normalized spacial score (nSPS) is 12.1. The Kier molecular flexibility index (Phi) is 4.81. The van der Waals surface area contributed by atoms with Crippen molar-refractivity contribution in [3.05, 3.63) is 30.1 Å². The van der Waals surface area contributed by atoms with Crippen molar-refractivity contribution in [1.82, 2.24) is 4.98 Å². The first-order valence-corrected chi connectivity index (χ1v) is 5.29. The minimum atomic E-state index is -0.105. The van der Waals surface area contributed by atoms with Gasteiger partial charge in [-0.2, -0.15) is 0 Å². The van der Waals surface area contributed by atoms with Crippen molar-refractivity contribution in [2.24, 2.45) is 5.92 Å². The first kappa shape index (κ1) is 11.7. The van der Waals surface area contributed by atoms with Gasteiger partial charge in [-0.3, -0.25) is 9.78 Å². The fourth-order valence-corrected chi connectivity index (χ4v) is 1.33. The Morgan fingerprint density at radius 2 is 2.13 bits per heavy atom. The summed E-state index contributed by atoms with van der Waals surface area (Å²) >= 11 is 0. The van der Waals surface area contributed by atoms with Gasteiger partial charge in [-0.1, -0.05) is 6.92 Å². The number of aromatic nitrogens is 1. The number of nitrogens with zero attached hydrogens (tertiary/aromatic N) is 1. The quantitative estimate of drug-likeness (QED) is 0.695. The van der Waals surface area contributed by atoms with Crippen LogP contribution in [0.4, 0.5) is 0 Å². The third-order valence-electron chi connectivity index (χ3n) is 2.30. The number of esters is 1. The molecule has 1 aromatic heterocycles. The van der Waals surface area contributed by atoms with E-state index < -0.39 is 0 Å². The van der Waals surface area contributed by atoms with Gasteiger partial charge >= 0.3 is 5.97 Å². The summed E-state index contributed by atoms with van der Waals surface area (Å²) < 4.78 is 4.94. The second-order valence-corrected chi connectivity index (χ2v) is 3.55. The molecule has 0 spiro atoms. The van der Waals surface area contributed by atoms with Gasteiger partial charge in [0.2, 0.25) is 0 Å². The monoisotopic (exact) mass is 207 g/mol. The Morgan fingerprint density at radius 3 is 2.73 bits per heavy atom. The molecule has 3 nitrogen and oxygen atoms in total. The topological polar surface area (TPSA) is 39.2 Å². The van der Waals surface area contributed by atoms with Crippen LogP contribution in [0, 0.1) is 5.92 Å². The van der Waals surface area contributed by atoms with E-state index in [1.54, 1.807) is 12.4 Å². The fourth-order valence-electron chi connectivity index (χ4n) is 1.33. The van der Waals surface area contributed by atoms with Crippen molar-refractivity contribution >= 4 is 5.97 Å². The smallest absolute Gasteiger partial charge is 0.308 e. The zero-order chi connectivity index (χ0) is 11.1. The molecule has 82 valence electrons. The van der Waals surface area contributed by atoms with Gasteiger partial charge in [0, 0.05) is 12.4 Å². The van der Waals surface area contributed by atoms with Crippen LogP contribution in [0.15, 0.2) is 24.5 Å². The molecule has 0 aromatic carbocycles. The summed E-state index contributed by atoms with van der Waals surface area (Å²) in [5, 5.41) is 0. The highest BCUT2D eigenvalue weighted by Crippen LogP contribution is 2.10. The molecule has 1 heterocycles. The van der Waals surface area contributed by atoms with Gasteiger partial charge in [0.05, 0.1) is 12.5 Å². The average Bonchev–Trinajstić information content (AvgIpc) is 2.27. The molecule has 0 aliphatic rings. The molecule has 1 aromatic rings. The SMILES string of the molecule is CCOC(=O)[C@@H](C)CCc1ccncc1. The predicted octanol–water partition coefficient (Wildman–Crippen LogP) is 2.21. The van der Waals surface area contributed by atoms with Gasteiger partial charge < -0.3 is 4.74 Å². The molecular formula is C12H17NO2. The second kappa shape index (κ2) is 6.17.